The molecule has 11 nitrogen and oxygen atoms in total. The molecule has 0 aliphatic carbocycles. The van der Waals surface area contributed by atoms with E-state index in [1.54, 1.807) is 11.3 Å². The number of hydrogen-bond donors (Lipinski definition) is 0. The number of thiophene rings is 2. The molecule has 27 rings (SSSR count). The topological polar surface area (TPSA) is 102 Å². The van der Waals surface area contributed by atoms with Crippen LogP contribution < -0.4 is 0 Å². The zero-order chi connectivity index (χ0) is 80.2. The minimum Gasteiger partial charge on any atom is -0.309 e. The lowest BCUT2D eigenvalue weighted by Crippen LogP contribution is -2.07. The Morgan fingerprint density at radius 1 is 0.220 bits per heavy atom. The molecule has 0 unspecified atom stereocenters. The van der Waals surface area contributed by atoms with Crippen molar-refractivity contribution < 1.29 is 0 Å². The highest BCUT2D eigenvalue weighted by atomic mass is 32.1. The predicted molar refractivity (Wildman–Crippen MR) is 513 cm³/mol. The highest BCUT2D eigenvalue weighted by Crippen LogP contribution is 2.52. The summed E-state index contributed by atoms with van der Waals surface area (Å²) in [7, 11) is 0. The zero-order valence-electron chi connectivity index (χ0n) is 65.6. The summed E-state index contributed by atoms with van der Waals surface area (Å²) in [6, 6.07) is 136. The van der Waals surface area contributed by atoms with Crippen molar-refractivity contribution in [3.05, 3.63) is 382 Å². The van der Waals surface area contributed by atoms with Crippen molar-refractivity contribution in [3.63, 3.8) is 0 Å². The van der Waals surface area contributed by atoms with E-state index in [9.17, 15) is 0 Å². The Balaban J connectivity index is 0.567. The molecule has 10 aromatic heterocycles. The van der Waals surface area contributed by atoms with Gasteiger partial charge >= 0.3 is 0 Å². The van der Waals surface area contributed by atoms with Crippen LogP contribution in [-0.4, -0.2) is 52.7 Å². The Hall–Kier alpha value is -16.1. The third kappa shape index (κ3) is 9.96. The van der Waals surface area contributed by atoms with Crippen LogP contribution in [0.5, 0.6) is 0 Å². The zero-order valence-corrected chi connectivity index (χ0v) is 67.2. The summed E-state index contributed by atoms with van der Waals surface area (Å²) in [4.78, 5) is 32.5. The van der Waals surface area contributed by atoms with Gasteiger partial charge in [-0.25, -0.2) is 19.9 Å². The number of aromatic nitrogens is 11. The van der Waals surface area contributed by atoms with Crippen molar-refractivity contribution in [3.8, 4) is 85.4 Å². The standard InChI is InChI=1S/C110H63N11S2/c1-4-25-65(26-5-1)100-80-34-10-17-39-87(80)112-109(113-100)120-92-44-22-15-36-82(92)98-99-83-37-16-23-46-95(83)122-104(99)86-62-69(51-54-78(86)101(98)120)72-38-24-45-94-97(72)81-35-14-21-43-91(81)117(94)71-53-58-96-85(63-71)79-59-60-111-108(105(79)123-96)119-89-41-19-13-33-75(89)84-61-68(52-57-93(84)119)64-47-49-67(50-48-64)107-114-106(66-27-6-2-7-28-66)115-110(116-107)121-90-42-20-12-32-74(90)77-56-55-76-73-31-11-18-40-88(73)118(102(76)103(77)121)70-29-8-3-9-30-70/h1-63H. The second-order valence-corrected chi connectivity index (χ2v) is 34.1. The third-order valence-corrected chi connectivity index (χ3v) is 27.8. The minimum absolute atomic E-state index is 0.539. The first kappa shape index (κ1) is 67.9. The third-order valence-electron chi connectivity index (χ3n) is 25.4. The largest absolute Gasteiger partial charge is 0.309 e. The number of nitrogens with zero attached hydrogens (tertiary/aromatic N) is 11. The average Bonchev–Trinajstić information content (AvgIpc) is 1.54. The fourth-order valence-electron chi connectivity index (χ4n) is 20.1. The van der Waals surface area contributed by atoms with E-state index < -0.39 is 0 Å². The first-order valence-corrected chi connectivity index (χ1v) is 43.1. The average molecular weight is 1600 g/mol. The van der Waals surface area contributed by atoms with Gasteiger partial charge < -0.3 is 9.13 Å². The smallest absolute Gasteiger partial charge is 0.238 e. The second kappa shape index (κ2) is 26.2. The lowest BCUT2D eigenvalue weighted by Gasteiger charge is -2.14. The molecule has 0 spiro atoms. The molecule has 13 heteroatoms. The fraction of sp³-hybridized carbons (Fsp3) is 0. The highest BCUT2D eigenvalue weighted by Gasteiger charge is 2.29. The van der Waals surface area contributed by atoms with Crippen molar-refractivity contribution >= 4 is 194 Å². The second-order valence-electron chi connectivity index (χ2n) is 31.9. The molecule has 0 bridgehead atoms. The molecule has 0 saturated heterocycles. The quantitative estimate of drug-likeness (QED) is 0.135. The van der Waals surface area contributed by atoms with Crippen LogP contribution in [0.3, 0.4) is 0 Å². The van der Waals surface area contributed by atoms with Crippen LogP contribution in [0.1, 0.15) is 0 Å². The maximum atomic E-state index is 5.56. The van der Waals surface area contributed by atoms with Gasteiger partial charge in [0.25, 0.3) is 0 Å². The molecule has 0 fully saturated rings. The van der Waals surface area contributed by atoms with Crippen molar-refractivity contribution in [2.75, 3.05) is 0 Å². The maximum Gasteiger partial charge on any atom is 0.238 e. The number of benzene rings is 17. The number of pyridine rings is 1. The van der Waals surface area contributed by atoms with Gasteiger partial charge in [-0.2, -0.15) is 9.97 Å². The summed E-state index contributed by atoms with van der Waals surface area (Å²) in [5.41, 5.74) is 22.1. The SMILES string of the molecule is c1ccc(-c2nc(-c3ccc(-c4ccc5c(c4)c4ccccc4n5-c4nccc5c4sc4ccc(-n6c7ccccc7c7c(-c8ccc9c(c8)c8sc%10ccccc%10c8c8c%10ccccc%10n(-c%10nc(-c%11ccccc%11)c%11ccccc%11n%10)c98)cccc76)cc45)cc3)nc(-n3c4ccccc4c4ccc5c6ccccc6n(-c6ccccc6)c5c43)n2)cc1. The van der Waals surface area contributed by atoms with Gasteiger partial charge in [-0.05, 0) is 125 Å². The summed E-state index contributed by atoms with van der Waals surface area (Å²) in [5, 5.41) is 19.8. The van der Waals surface area contributed by atoms with Crippen molar-refractivity contribution in [2.45, 2.75) is 0 Å². The van der Waals surface area contributed by atoms with Crippen LogP contribution in [0, 0.1) is 0 Å². The molecule has 0 aliphatic rings. The van der Waals surface area contributed by atoms with Gasteiger partial charge in [0.15, 0.2) is 17.5 Å². The first-order valence-electron chi connectivity index (χ1n) is 41.5. The van der Waals surface area contributed by atoms with Crippen LogP contribution >= 0.6 is 22.7 Å². The molecule has 0 radical (unpaired) electrons. The van der Waals surface area contributed by atoms with Crippen molar-refractivity contribution in [2.24, 2.45) is 0 Å². The van der Waals surface area contributed by atoms with E-state index in [-0.39, 0.29) is 0 Å². The highest BCUT2D eigenvalue weighted by molar-refractivity contribution is 7.27. The summed E-state index contributed by atoms with van der Waals surface area (Å²) in [5.74, 6) is 3.25. The molecule has 0 N–H and O–H groups in total. The monoisotopic (exact) mass is 1600 g/mol. The molecule has 27 aromatic rings. The van der Waals surface area contributed by atoms with Gasteiger partial charge in [0.05, 0.1) is 71.1 Å². The summed E-state index contributed by atoms with van der Waals surface area (Å²) >= 11 is 3.68. The molecule has 0 aliphatic heterocycles. The van der Waals surface area contributed by atoms with Crippen LogP contribution in [0.4, 0.5) is 0 Å². The van der Waals surface area contributed by atoms with Gasteiger partial charge in [0, 0.05) is 140 Å². The Morgan fingerprint density at radius 2 is 0.715 bits per heavy atom. The summed E-state index contributed by atoms with van der Waals surface area (Å²) in [6.45, 7) is 0. The van der Waals surface area contributed by atoms with Gasteiger partial charge in [-0.3, -0.25) is 13.7 Å². The molecule has 570 valence electrons. The molecule has 0 amide bonds. The Kier molecular flexibility index (Phi) is 14.5. The van der Waals surface area contributed by atoms with Crippen molar-refractivity contribution in [1.82, 2.24) is 52.7 Å². The fourth-order valence-corrected chi connectivity index (χ4v) is 22.5. The minimum atomic E-state index is 0.539. The van der Waals surface area contributed by atoms with Gasteiger partial charge in [-0.1, -0.05) is 273 Å². The van der Waals surface area contributed by atoms with Crippen LogP contribution in [-0.2, 0) is 0 Å². The molecular formula is C110H63N11S2. The number of fused-ring (bicyclic) bond motifs is 27. The first-order chi connectivity index (χ1) is 61.0. The van der Waals surface area contributed by atoms with E-state index in [4.69, 9.17) is 29.9 Å². The molecule has 0 saturated carbocycles. The van der Waals surface area contributed by atoms with Gasteiger partial charge in [0.1, 0.15) is 0 Å². The van der Waals surface area contributed by atoms with Crippen LogP contribution in [0.2, 0.25) is 0 Å². The molecule has 0 atom stereocenters. The number of para-hydroxylation sites is 7. The summed E-state index contributed by atoms with van der Waals surface area (Å²) in [6.07, 6.45) is 1.99. The lowest BCUT2D eigenvalue weighted by atomic mass is 9.94. The van der Waals surface area contributed by atoms with E-state index in [0.717, 1.165) is 165 Å². The Morgan fingerprint density at radius 3 is 1.45 bits per heavy atom. The Labute approximate surface area is 709 Å². The number of rotatable bonds is 10. The lowest BCUT2D eigenvalue weighted by molar-refractivity contribution is 0.953. The maximum absolute atomic E-state index is 5.56. The number of hydrogen-bond acceptors (Lipinski definition) is 8. The van der Waals surface area contributed by atoms with Crippen LogP contribution in [0.25, 0.3) is 256 Å². The van der Waals surface area contributed by atoms with E-state index in [2.05, 4.69) is 381 Å². The van der Waals surface area contributed by atoms with Gasteiger partial charge in [0.2, 0.25) is 11.9 Å². The normalized spacial score (nSPS) is 12.2. The van der Waals surface area contributed by atoms with E-state index >= 15 is 0 Å². The molecule has 17 aromatic carbocycles. The van der Waals surface area contributed by atoms with Gasteiger partial charge in [-0.15, -0.1) is 22.7 Å². The molecule has 123 heavy (non-hydrogen) atoms. The van der Waals surface area contributed by atoms with E-state index in [1.807, 2.05) is 35.7 Å². The summed E-state index contributed by atoms with van der Waals surface area (Å²) < 4.78 is 16.7. The van der Waals surface area contributed by atoms with Crippen molar-refractivity contribution in [1.29, 1.82) is 0 Å². The predicted octanol–water partition coefficient (Wildman–Crippen LogP) is 28.9. The molecule has 10 heterocycles. The Bertz CT molecular complexity index is 9210. The van der Waals surface area contributed by atoms with Crippen LogP contribution in [0.15, 0.2) is 382 Å². The van der Waals surface area contributed by atoms with E-state index in [1.165, 1.54) is 68.1 Å². The van der Waals surface area contributed by atoms with E-state index in [0.29, 0.717) is 23.5 Å². The molecular weight excluding hydrogens is 1540 g/mol.